The Bertz CT molecular complexity index is 264. The van der Waals surface area contributed by atoms with E-state index in [2.05, 4.69) is 18.6 Å². The van der Waals surface area contributed by atoms with Gasteiger partial charge in [0.15, 0.2) is 0 Å². The van der Waals surface area contributed by atoms with Crippen LogP contribution in [0.1, 0.15) is 71.6 Å². The van der Waals surface area contributed by atoms with Crippen LogP contribution < -0.4 is 5.73 Å². The Kier molecular flexibility index (Phi) is 13.2. The van der Waals surface area contributed by atoms with Gasteiger partial charge in [0.25, 0.3) is 0 Å². The van der Waals surface area contributed by atoms with Gasteiger partial charge in [-0.1, -0.05) is 46.0 Å². The number of esters is 1. The van der Waals surface area contributed by atoms with Gasteiger partial charge in [0, 0.05) is 0 Å². The summed E-state index contributed by atoms with van der Waals surface area (Å²) in [5.74, 6) is -0.253. The lowest BCUT2D eigenvalue weighted by Crippen LogP contribution is -2.41. The average molecular weight is 320 g/mol. The van der Waals surface area contributed by atoms with Crippen molar-refractivity contribution in [2.45, 2.75) is 82.9 Å². The van der Waals surface area contributed by atoms with Crippen molar-refractivity contribution in [1.82, 2.24) is 0 Å². The molecule has 0 fully saturated rings. The molecule has 0 aromatic heterocycles. The quantitative estimate of drug-likeness (QED) is 0.321. The molecule has 0 heterocycles. The normalized spacial score (nSPS) is 15.5. The molecule has 0 aromatic rings. The predicted octanol–water partition coefficient (Wildman–Crippen LogP) is 3.15. The molecule has 21 heavy (non-hydrogen) atoms. The molecule has 0 aliphatic heterocycles. The third kappa shape index (κ3) is 10.1. The lowest BCUT2D eigenvalue weighted by Gasteiger charge is -2.23. The van der Waals surface area contributed by atoms with E-state index in [-0.39, 0.29) is 11.0 Å². The Balaban J connectivity index is 4.20. The van der Waals surface area contributed by atoms with Gasteiger partial charge >= 0.3 is 5.97 Å². The highest BCUT2D eigenvalue weighted by Crippen LogP contribution is 2.19. The molecule has 0 saturated carbocycles. The van der Waals surface area contributed by atoms with E-state index in [0.717, 1.165) is 32.1 Å². The zero-order valence-corrected chi connectivity index (χ0v) is 14.8. The largest absolute Gasteiger partial charge is 0.616 e. The van der Waals surface area contributed by atoms with Gasteiger partial charge in [-0.3, -0.25) is 4.79 Å². The van der Waals surface area contributed by atoms with Crippen molar-refractivity contribution in [3.8, 4) is 0 Å². The van der Waals surface area contributed by atoms with Gasteiger partial charge in [0.1, 0.15) is 17.0 Å². The molecule has 0 amide bonds. The molecule has 0 saturated heterocycles. The third-order valence-corrected chi connectivity index (χ3v) is 5.63. The minimum absolute atomic E-state index is 0.169. The van der Waals surface area contributed by atoms with Crippen LogP contribution in [0.5, 0.6) is 0 Å². The second-order valence-electron chi connectivity index (χ2n) is 5.64. The van der Waals surface area contributed by atoms with Gasteiger partial charge in [-0.2, -0.15) is 0 Å². The maximum absolute atomic E-state index is 12.4. The fourth-order valence-corrected chi connectivity index (χ4v) is 3.97. The third-order valence-electron chi connectivity index (χ3n) is 3.73. The van der Waals surface area contributed by atoms with Gasteiger partial charge in [0.05, 0.1) is 7.11 Å². The van der Waals surface area contributed by atoms with Crippen LogP contribution in [0.4, 0.5) is 0 Å². The summed E-state index contributed by atoms with van der Waals surface area (Å²) in [5, 5.41) is 0.169. The van der Waals surface area contributed by atoms with Crippen LogP contribution in [0.3, 0.4) is 0 Å². The summed E-state index contributed by atoms with van der Waals surface area (Å²) in [4.78, 5) is 11.3. The molecule has 2 N–H and O–H groups in total. The topological polar surface area (TPSA) is 75.4 Å². The Labute approximate surface area is 133 Å². The first-order chi connectivity index (χ1) is 10.1. The van der Waals surface area contributed by atoms with Crippen molar-refractivity contribution in [2.24, 2.45) is 5.73 Å². The summed E-state index contributed by atoms with van der Waals surface area (Å²) < 4.78 is 17.0. The Hall–Kier alpha value is -0.260. The van der Waals surface area contributed by atoms with Crippen LogP contribution in [0.2, 0.25) is 0 Å². The number of hydrogen-bond donors (Lipinski definition) is 1. The molecule has 0 aliphatic rings. The van der Waals surface area contributed by atoms with E-state index in [1.165, 1.54) is 32.8 Å². The van der Waals surface area contributed by atoms with E-state index in [4.69, 9.17) is 5.73 Å². The van der Waals surface area contributed by atoms with Crippen LogP contribution in [-0.2, 0) is 20.7 Å². The van der Waals surface area contributed by atoms with Crippen LogP contribution in [0.15, 0.2) is 0 Å². The van der Waals surface area contributed by atoms with Crippen molar-refractivity contribution < 1.29 is 14.1 Å². The lowest BCUT2D eigenvalue weighted by molar-refractivity contribution is -0.141. The molecule has 126 valence electrons. The van der Waals surface area contributed by atoms with Crippen molar-refractivity contribution in [3.05, 3.63) is 0 Å². The first kappa shape index (κ1) is 20.7. The van der Waals surface area contributed by atoms with E-state index in [1.807, 2.05) is 0 Å². The minimum atomic E-state index is -1.04. The van der Waals surface area contributed by atoms with E-state index in [0.29, 0.717) is 0 Å². The minimum Gasteiger partial charge on any atom is -0.616 e. The fraction of sp³-hybridized carbons (Fsp3) is 0.938. The molecule has 0 aliphatic carbocycles. The van der Waals surface area contributed by atoms with Gasteiger partial charge in [-0.25, -0.2) is 0 Å². The van der Waals surface area contributed by atoms with Crippen molar-refractivity contribution >= 4 is 17.1 Å². The Morgan fingerprint density at radius 2 is 1.67 bits per heavy atom. The van der Waals surface area contributed by atoms with Gasteiger partial charge in [0.2, 0.25) is 0 Å². The van der Waals surface area contributed by atoms with E-state index in [1.54, 1.807) is 0 Å². The smallest absolute Gasteiger partial charge is 0.327 e. The zero-order chi connectivity index (χ0) is 16.1. The van der Waals surface area contributed by atoms with E-state index in [9.17, 15) is 9.35 Å². The summed E-state index contributed by atoms with van der Waals surface area (Å²) in [6, 6.07) is -0.764. The van der Waals surface area contributed by atoms with Gasteiger partial charge in [-0.15, -0.1) is 0 Å². The number of unbranched alkanes of at least 4 members (excludes halogenated alkanes) is 5. The Morgan fingerprint density at radius 1 is 1.10 bits per heavy atom. The summed E-state index contributed by atoms with van der Waals surface area (Å²) in [5.41, 5.74) is 5.72. The molecule has 0 spiro atoms. The van der Waals surface area contributed by atoms with Crippen molar-refractivity contribution in [2.75, 3.05) is 12.9 Å². The summed E-state index contributed by atoms with van der Waals surface area (Å²) >= 11 is -1.04. The van der Waals surface area contributed by atoms with E-state index < -0.39 is 23.2 Å². The molecule has 4 nitrogen and oxygen atoms in total. The molecule has 5 heteroatoms. The van der Waals surface area contributed by atoms with Gasteiger partial charge in [-0.05, 0) is 36.9 Å². The van der Waals surface area contributed by atoms with Crippen molar-refractivity contribution in [3.63, 3.8) is 0 Å². The van der Waals surface area contributed by atoms with Crippen LogP contribution in [-0.4, -0.2) is 34.7 Å². The van der Waals surface area contributed by atoms with E-state index >= 15 is 0 Å². The molecule has 2 unspecified atom stereocenters. The Morgan fingerprint density at radius 3 is 2.24 bits per heavy atom. The number of hydrogen-bond acceptors (Lipinski definition) is 4. The number of ether oxygens (including phenoxy) is 1. The fourth-order valence-electron chi connectivity index (χ4n) is 2.35. The highest BCUT2D eigenvalue weighted by atomic mass is 32.2. The predicted molar refractivity (Wildman–Crippen MR) is 89.7 cm³/mol. The first-order valence-corrected chi connectivity index (χ1v) is 9.65. The molecule has 0 radical (unpaired) electrons. The standard InChI is InChI=1S/C16H33NO3S/c1-4-6-8-9-10-12-14(11-7-5-2)21(19)13-15(17)16(18)20-3/h14-15H,4-13,17H2,1-3H3/t14?,15-,21?/m0/s1. The molecule has 0 bridgehead atoms. The molecular weight excluding hydrogens is 286 g/mol. The molecule has 3 atom stereocenters. The highest BCUT2D eigenvalue weighted by Gasteiger charge is 2.27. The number of carbonyl (C=O) groups is 1. The second-order valence-corrected chi connectivity index (χ2v) is 7.41. The molecule has 0 aromatic carbocycles. The summed E-state index contributed by atoms with van der Waals surface area (Å²) in [6.45, 7) is 4.34. The van der Waals surface area contributed by atoms with Crippen molar-refractivity contribution in [1.29, 1.82) is 0 Å². The summed E-state index contributed by atoms with van der Waals surface area (Å²) in [7, 11) is 1.31. The number of methoxy groups -OCH3 is 1. The van der Waals surface area contributed by atoms with Crippen LogP contribution in [0.25, 0.3) is 0 Å². The average Bonchev–Trinajstić information content (AvgIpc) is 2.48. The molecular formula is C16H33NO3S. The number of nitrogens with two attached hydrogens (primary N) is 1. The maximum Gasteiger partial charge on any atom is 0.327 e. The highest BCUT2D eigenvalue weighted by molar-refractivity contribution is 7.92. The maximum atomic E-state index is 12.4. The van der Waals surface area contributed by atoms with Crippen LogP contribution >= 0.6 is 0 Å². The SMILES string of the molecule is CCCCCCCC(CCCC)[S+]([O-])C[C@H](N)C(=O)OC. The summed E-state index contributed by atoms with van der Waals surface area (Å²) in [6.07, 6.45) is 10.2. The van der Waals surface area contributed by atoms with Crippen LogP contribution in [0, 0.1) is 0 Å². The zero-order valence-electron chi connectivity index (χ0n) is 13.9. The van der Waals surface area contributed by atoms with Gasteiger partial charge < -0.3 is 15.0 Å². The number of rotatable bonds is 13. The lowest BCUT2D eigenvalue weighted by atomic mass is 10.1. The molecule has 0 rings (SSSR count). The number of carbonyl (C=O) groups excluding carboxylic acids is 1. The second kappa shape index (κ2) is 13.4. The monoisotopic (exact) mass is 319 g/mol. The first-order valence-electron chi connectivity index (χ1n) is 8.27.